The summed E-state index contributed by atoms with van der Waals surface area (Å²) in [6, 6.07) is 6.97. The Balaban J connectivity index is 1.93. The second kappa shape index (κ2) is 7.19. The van der Waals surface area contributed by atoms with E-state index in [2.05, 4.69) is 20.4 Å². The molecule has 7 heteroatoms. The fourth-order valence-corrected chi connectivity index (χ4v) is 1.82. The Morgan fingerprint density at radius 1 is 1.29 bits per heavy atom. The number of nitrogens with zero attached hydrogens (tertiary/aromatic N) is 3. The maximum absolute atomic E-state index is 11.8. The number of benzene rings is 1. The van der Waals surface area contributed by atoms with Crippen molar-refractivity contribution in [1.29, 1.82) is 0 Å². The molecular formula is C14H17ClN4O2. The number of hydrogen-bond donors (Lipinski definition) is 1. The van der Waals surface area contributed by atoms with Gasteiger partial charge in [-0.1, -0.05) is 11.6 Å². The zero-order valence-electron chi connectivity index (χ0n) is 12.0. The van der Waals surface area contributed by atoms with Gasteiger partial charge in [0.25, 0.3) is 0 Å². The summed E-state index contributed by atoms with van der Waals surface area (Å²) in [4.78, 5) is 13.9. The molecule has 0 atom stereocenters. The number of halogens is 1. The molecule has 0 saturated carbocycles. The average Bonchev–Trinajstić information content (AvgIpc) is 2.94. The van der Waals surface area contributed by atoms with Crippen LogP contribution in [0.3, 0.4) is 0 Å². The molecule has 21 heavy (non-hydrogen) atoms. The minimum atomic E-state index is -0.360. The van der Waals surface area contributed by atoms with Crippen LogP contribution in [0.2, 0.25) is 5.02 Å². The van der Waals surface area contributed by atoms with E-state index in [-0.39, 0.29) is 11.8 Å². The third kappa shape index (κ3) is 4.54. The minimum absolute atomic E-state index is 0.0372. The number of rotatable bonds is 6. The van der Waals surface area contributed by atoms with E-state index in [1.807, 2.05) is 14.1 Å². The molecule has 0 saturated heterocycles. The van der Waals surface area contributed by atoms with Crippen molar-refractivity contribution in [3.8, 4) is 11.5 Å². The SMILES string of the molecule is CN(C)CCCNC(=O)c1nnc(-c2ccc(Cl)cc2)o1. The van der Waals surface area contributed by atoms with Gasteiger partial charge in [0.15, 0.2) is 0 Å². The lowest BCUT2D eigenvalue weighted by Gasteiger charge is -2.08. The average molecular weight is 309 g/mol. The van der Waals surface area contributed by atoms with E-state index in [9.17, 15) is 4.79 Å². The van der Waals surface area contributed by atoms with E-state index in [1.165, 1.54) is 0 Å². The lowest BCUT2D eigenvalue weighted by Crippen LogP contribution is -2.27. The Bertz CT molecular complexity index is 595. The minimum Gasteiger partial charge on any atom is -0.412 e. The summed E-state index contributed by atoms with van der Waals surface area (Å²) in [5, 5.41) is 11.0. The molecule has 2 rings (SSSR count). The highest BCUT2D eigenvalue weighted by Crippen LogP contribution is 2.20. The van der Waals surface area contributed by atoms with Gasteiger partial charge in [0.2, 0.25) is 5.89 Å². The summed E-state index contributed by atoms with van der Waals surface area (Å²) in [6.07, 6.45) is 0.858. The fourth-order valence-electron chi connectivity index (χ4n) is 1.70. The molecule has 2 aromatic rings. The zero-order chi connectivity index (χ0) is 15.2. The molecular weight excluding hydrogens is 292 g/mol. The van der Waals surface area contributed by atoms with Gasteiger partial charge in [-0.3, -0.25) is 4.79 Å². The molecule has 112 valence electrons. The lowest BCUT2D eigenvalue weighted by molar-refractivity contribution is 0.0918. The topological polar surface area (TPSA) is 71.3 Å². The van der Waals surface area contributed by atoms with E-state index in [0.717, 1.165) is 18.5 Å². The molecule has 0 radical (unpaired) electrons. The third-order valence-electron chi connectivity index (χ3n) is 2.78. The van der Waals surface area contributed by atoms with Crippen LogP contribution >= 0.6 is 11.6 Å². The van der Waals surface area contributed by atoms with Crippen molar-refractivity contribution in [1.82, 2.24) is 20.4 Å². The van der Waals surface area contributed by atoms with Gasteiger partial charge in [0.05, 0.1) is 0 Å². The molecule has 0 aliphatic heterocycles. The highest BCUT2D eigenvalue weighted by molar-refractivity contribution is 6.30. The van der Waals surface area contributed by atoms with E-state index < -0.39 is 0 Å². The van der Waals surface area contributed by atoms with Crippen LogP contribution in [-0.4, -0.2) is 48.2 Å². The highest BCUT2D eigenvalue weighted by Gasteiger charge is 2.15. The molecule has 1 aromatic carbocycles. The Morgan fingerprint density at radius 2 is 2.00 bits per heavy atom. The molecule has 1 N–H and O–H groups in total. The number of carbonyl (C=O) groups excluding carboxylic acids is 1. The van der Waals surface area contributed by atoms with Crippen molar-refractivity contribution in [2.45, 2.75) is 6.42 Å². The van der Waals surface area contributed by atoms with Crippen LogP contribution in [0.4, 0.5) is 0 Å². The van der Waals surface area contributed by atoms with Crippen LogP contribution in [0, 0.1) is 0 Å². The van der Waals surface area contributed by atoms with Crippen molar-refractivity contribution in [3.63, 3.8) is 0 Å². The first-order chi connectivity index (χ1) is 10.1. The summed E-state index contributed by atoms with van der Waals surface area (Å²) in [7, 11) is 3.97. The summed E-state index contributed by atoms with van der Waals surface area (Å²) < 4.78 is 5.36. The summed E-state index contributed by atoms with van der Waals surface area (Å²) >= 11 is 5.81. The van der Waals surface area contributed by atoms with Crippen LogP contribution < -0.4 is 5.32 Å². The molecule has 1 amide bonds. The van der Waals surface area contributed by atoms with Crippen LogP contribution in [0.15, 0.2) is 28.7 Å². The molecule has 0 spiro atoms. The highest BCUT2D eigenvalue weighted by atomic mass is 35.5. The van der Waals surface area contributed by atoms with Gasteiger partial charge >= 0.3 is 11.8 Å². The third-order valence-corrected chi connectivity index (χ3v) is 3.03. The normalized spacial score (nSPS) is 10.9. The molecule has 1 heterocycles. The molecule has 0 bridgehead atoms. The van der Waals surface area contributed by atoms with E-state index in [4.69, 9.17) is 16.0 Å². The largest absolute Gasteiger partial charge is 0.412 e. The van der Waals surface area contributed by atoms with Gasteiger partial charge in [0, 0.05) is 17.1 Å². The van der Waals surface area contributed by atoms with E-state index in [1.54, 1.807) is 24.3 Å². The Labute approximate surface area is 128 Å². The number of carbonyl (C=O) groups is 1. The standard InChI is InChI=1S/C14H17ClN4O2/c1-19(2)9-3-8-16-12(20)14-18-17-13(21-14)10-4-6-11(15)7-5-10/h4-7H,3,8-9H2,1-2H3,(H,16,20). The molecule has 0 fully saturated rings. The van der Waals surface area contributed by atoms with Gasteiger partial charge in [-0.2, -0.15) is 0 Å². The molecule has 0 aliphatic carbocycles. The number of amides is 1. The van der Waals surface area contributed by atoms with Crippen molar-refractivity contribution >= 4 is 17.5 Å². The molecule has 1 aromatic heterocycles. The van der Waals surface area contributed by atoms with Crippen molar-refractivity contribution in [3.05, 3.63) is 35.2 Å². The summed E-state index contributed by atoms with van der Waals surface area (Å²) in [6.45, 7) is 1.47. The Hall–Kier alpha value is -1.92. The predicted octanol–water partition coefficient (Wildman–Crippen LogP) is 2.07. The monoisotopic (exact) mass is 308 g/mol. The number of nitrogens with one attached hydrogen (secondary N) is 1. The van der Waals surface area contributed by atoms with Gasteiger partial charge in [-0.05, 0) is 51.3 Å². The smallest absolute Gasteiger partial charge is 0.308 e. The Kier molecular flexibility index (Phi) is 5.30. The summed E-state index contributed by atoms with van der Waals surface area (Å²) in [5.74, 6) is -0.101. The maximum Gasteiger partial charge on any atom is 0.308 e. The second-order valence-electron chi connectivity index (χ2n) is 4.83. The van der Waals surface area contributed by atoms with Gasteiger partial charge in [-0.15, -0.1) is 10.2 Å². The van der Waals surface area contributed by atoms with Crippen molar-refractivity contribution in [2.24, 2.45) is 0 Å². The first-order valence-electron chi connectivity index (χ1n) is 6.58. The van der Waals surface area contributed by atoms with Crippen molar-refractivity contribution < 1.29 is 9.21 Å². The van der Waals surface area contributed by atoms with Crippen LogP contribution in [0.25, 0.3) is 11.5 Å². The van der Waals surface area contributed by atoms with Gasteiger partial charge in [0.1, 0.15) is 0 Å². The number of hydrogen-bond acceptors (Lipinski definition) is 5. The first-order valence-corrected chi connectivity index (χ1v) is 6.96. The van der Waals surface area contributed by atoms with Crippen molar-refractivity contribution in [2.75, 3.05) is 27.2 Å². The van der Waals surface area contributed by atoms with E-state index in [0.29, 0.717) is 17.5 Å². The van der Waals surface area contributed by atoms with Gasteiger partial charge in [-0.25, -0.2) is 0 Å². The van der Waals surface area contributed by atoms with Crippen LogP contribution in [0.1, 0.15) is 17.1 Å². The predicted molar refractivity (Wildman–Crippen MR) is 80.2 cm³/mol. The maximum atomic E-state index is 11.8. The van der Waals surface area contributed by atoms with Crippen LogP contribution in [-0.2, 0) is 0 Å². The van der Waals surface area contributed by atoms with Crippen LogP contribution in [0.5, 0.6) is 0 Å². The molecule has 0 aliphatic rings. The first kappa shape index (κ1) is 15.5. The Morgan fingerprint density at radius 3 is 2.67 bits per heavy atom. The molecule has 6 nitrogen and oxygen atoms in total. The van der Waals surface area contributed by atoms with E-state index >= 15 is 0 Å². The fraction of sp³-hybridized carbons (Fsp3) is 0.357. The summed E-state index contributed by atoms with van der Waals surface area (Å²) in [5.41, 5.74) is 0.721. The second-order valence-corrected chi connectivity index (χ2v) is 5.27. The number of aromatic nitrogens is 2. The lowest BCUT2D eigenvalue weighted by atomic mass is 10.2. The zero-order valence-corrected chi connectivity index (χ0v) is 12.7. The van der Waals surface area contributed by atoms with Gasteiger partial charge < -0.3 is 14.6 Å². The quantitative estimate of drug-likeness (QED) is 0.827. The molecule has 0 unspecified atom stereocenters.